The lowest BCUT2D eigenvalue weighted by molar-refractivity contribution is -0.979. The summed E-state index contributed by atoms with van der Waals surface area (Å²) in [5, 5.41) is 2.44. The zero-order valence-corrected chi connectivity index (χ0v) is 9.23. The predicted molar refractivity (Wildman–Crippen MR) is 54.1 cm³/mol. The van der Waals surface area contributed by atoms with Gasteiger partial charge in [-0.1, -0.05) is 0 Å². The van der Waals surface area contributed by atoms with Gasteiger partial charge in [-0.15, -0.1) is 0 Å². The van der Waals surface area contributed by atoms with Gasteiger partial charge in [0.15, 0.2) is 0 Å². The smallest absolute Gasteiger partial charge is 0.127 e. The van der Waals surface area contributed by atoms with Crippen LogP contribution in [-0.2, 0) is 0 Å². The number of rotatable bonds is 5. The summed E-state index contributed by atoms with van der Waals surface area (Å²) in [7, 11) is 0. The summed E-state index contributed by atoms with van der Waals surface area (Å²) >= 11 is 0. The summed E-state index contributed by atoms with van der Waals surface area (Å²) in [4.78, 5) is 3.57. The van der Waals surface area contributed by atoms with Crippen LogP contribution in [0.4, 0.5) is 0 Å². The Kier molecular flexibility index (Phi) is 5.35. The van der Waals surface area contributed by atoms with Crippen molar-refractivity contribution in [2.24, 2.45) is 0 Å². The maximum absolute atomic E-state index is 2.44. The molecule has 0 amide bonds. The van der Waals surface area contributed by atoms with Gasteiger partial charge in [0.05, 0.1) is 13.1 Å². The van der Waals surface area contributed by atoms with E-state index in [1.165, 1.54) is 52.4 Å². The first kappa shape index (κ1) is 11.0. The Morgan fingerprint density at radius 2 is 1.77 bits per heavy atom. The van der Waals surface area contributed by atoms with Crippen LogP contribution in [0, 0.1) is 0 Å². The molecular formula is C10H26N3+3. The van der Waals surface area contributed by atoms with Crippen molar-refractivity contribution in [3.8, 4) is 0 Å². The van der Waals surface area contributed by atoms with Crippen molar-refractivity contribution in [1.29, 1.82) is 0 Å². The van der Waals surface area contributed by atoms with Gasteiger partial charge in [0.1, 0.15) is 39.3 Å². The van der Waals surface area contributed by atoms with E-state index in [1.54, 1.807) is 4.90 Å². The fraction of sp³-hybridized carbons (Fsp3) is 1.00. The summed E-state index contributed by atoms with van der Waals surface area (Å²) in [5.74, 6) is 0. The second kappa shape index (κ2) is 6.35. The molecule has 0 bridgehead atoms. The van der Waals surface area contributed by atoms with Crippen LogP contribution in [0.25, 0.3) is 0 Å². The van der Waals surface area contributed by atoms with E-state index in [4.69, 9.17) is 0 Å². The van der Waals surface area contributed by atoms with E-state index in [0.717, 1.165) is 0 Å². The lowest BCUT2D eigenvalue weighted by atomic mass is 10.3. The number of piperazine rings is 1. The third-order valence-electron chi connectivity index (χ3n) is 3.24. The molecule has 1 rings (SSSR count). The zero-order valence-electron chi connectivity index (χ0n) is 9.23. The molecule has 0 aromatic rings. The highest BCUT2D eigenvalue weighted by molar-refractivity contribution is 4.34. The lowest BCUT2D eigenvalue weighted by Gasteiger charge is -2.24. The summed E-state index contributed by atoms with van der Waals surface area (Å²) in [6.07, 6.45) is 0. The lowest BCUT2D eigenvalue weighted by Crippen LogP contribution is -3.24. The normalized spacial score (nSPS) is 19.6. The monoisotopic (exact) mass is 188 g/mol. The van der Waals surface area contributed by atoms with Crippen molar-refractivity contribution in [3.05, 3.63) is 0 Å². The number of nitrogens with one attached hydrogen (secondary N) is 2. The topological polar surface area (TPSA) is 25.5 Å². The molecule has 0 unspecified atom stereocenters. The van der Waals surface area contributed by atoms with E-state index < -0.39 is 0 Å². The quantitative estimate of drug-likeness (QED) is 0.397. The first-order valence-corrected chi connectivity index (χ1v) is 5.85. The Morgan fingerprint density at radius 3 is 2.31 bits per heavy atom. The SMILES string of the molecule is CC[NH+](CC)CC[NH+]1CC[NH2+]CC1. The molecule has 0 aliphatic carbocycles. The summed E-state index contributed by atoms with van der Waals surface area (Å²) in [5.41, 5.74) is 0. The molecule has 0 radical (unpaired) electrons. The number of hydrogen-bond donors (Lipinski definition) is 3. The zero-order chi connectivity index (χ0) is 9.52. The Balaban J connectivity index is 2.09. The minimum absolute atomic E-state index is 1.29. The van der Waals surface area contributed by atoms with Gasteiger partial charge in [0.25, 0.3) is 0 Å². The van der Waals surface area contributed by atoms with E-state index in [-0.39, 0.29) is 0 Å². The second-order valence-corrected chi connectivity index (χ2v) is 4.07. The molecule has 0 atom stereocenters. The van der Waals surface area contributed by atoms with Gasteiger partial charge in [-0.2, -0.15) is 0 Å². The standard InChI is InChI=1S/C10H23N3/c1-3-12(4-2)9-10-13-7-5-11-6-8-13/h11H,3-10H2,1-2H3/p+3. The first-order chi connectivity index (χ1) is 6.36. The van der Waals surface area contributed by atoms with Gasteiger partial charge in [-0.3, -0.25) is 0 Å². The van der Waals surface area contributed by atoms with Gasteiger partial charge in [-0.05, 0) is 13.8 Å². The second-order valence-electron chi connectivity index (χ2n) is 4.07. The van der Waals surface area contributed by atoms with Gasteiger partial charge < -0.3 is 15.1 Å². The number of hydrogen-bond acceptors (Lipinski definition) is 0. The van der Waals surface area contributed by atoms with E-state index in [1.807, 2.05) is 4.90 Å². The molecule has 0 aromatic heterocycles. The van der Waals surface area contributed by atoms with Crippen LogP contribution in [-0.4, -0.2) is 52.4 Å². The van der Waals surface area contributed by atoms with Crippen molar-refractivity contribution in [2.75, 3.05) is 52.4 Å². The van der Waals surface area contributed by atoms with Crippen molar-refractivity contribution in [1.82, 2.24) is 0 Å². The fourth-order valence-electron chi connectivity index (χ4n) is 2.09. The van der Waals surface area contributed by atoms with Crippen molar-refractivity contribution in [3.63, 3.8) is 0 Å². The van der Waals surface area contributed by atoms with E-state index in [2.05, 4.69) is 19.2 Å². The summed E-state index contributed by atoms with van der Waals surface area (Å²) in [6, 6.07) is 0. The largest absolute Gasteiger partial charge is 0.337 e. The Hall–Kier alpha value is -0.120. The third-order valence-corrected chi connectivity index (χ3v) is 3.24. The van der Waals surface area contributed by atoms with Crippen LogP contribution in [0.2, 0.25) is 0 Å². The first-order valence-electron chi connectivity index (χ1n) is 5.85. The van der Waals surface area contributed by atoms with Crippen LogP contribution in [0.5, 0.6) is 0 Å². The molecule has 1 fully saturated rings. The molecule has 3 heteroatoms. The molecule has 0 saturated carbocycles. The molecule has 1 aliphatic heterocycles. The van der Waals surface area contributed by atoms with Gasteiger partial charge >= 0.3 is 0 Å². The molecule has 0 aromatic carbocycles. The van der Waals surface area contributed by atoms with Crippen LogP contribution < -0.4 is 15.1 Å². The van der Waals surface area contributed by atoms with Crippen LogP contribution in [0.1, 0.15) is 13.8 Å². The molecule has 0 spiro atoms. The van der Waals surface area contributed by atoms with E-state index in [9.17, 15) is 0 Å². The fourth-order valence-corrected chi connectivity index (χ4v) is 2.09. The Bertz CT molecular complexity index is 117. The minimum atomic E-state index is 1.29. The molecular weight excluding hydrogens is 162 g/mol. The van der Waals surface area contributed by atoms with Crippen molar-refractivity contribution in [2.45, 2.75) is 13.8 Å². The van der Waals surface area contributed by atoms with E-state index in [0.29, 0.717) is 0 Å². The maximum atomic E-state index is 2.44. The Morgan fingerprint density at radius 1 is 1.15 bits per heavy atom. The molecule has 13 heavy (non-hydrogen) atoms. The molecule has 3 nitrogen and oxygen atoms in total. The number of nitrogens with two attached hydrogens (primary N) is 1. The summed E-state index contributed by atoms with van der Waals surface area (Å²) < 4.78 is 0. The van der Waals surface area contributed by atoms with Crippen LogP contribution in [0.3, 0.4) is 0 Å². The third kappa shape index (κ3) is 4.07. The molecule has 4 N–H and O–H groups in total. The Labute approximate surface area is 82.1 Å². The van der Waals surface area contributed by atoms with Gasteiger partial charge in [-0.25, -0.2) is 0 Å². The number of quaternary nitrogens is 3. The highest BCUT2D eigenvalue weighted by Gasteiger charge is 2.16. The predicted octanol–water partition coefficient (Wildman–Crippen LogP) is -3.63. The highest BCUT2D eigenvalue weighted by Crippen LogP contribution is 1.55. The summed E-state index contributed by atoms with van der Waals surface area (Å²) in [6.45, 7) is 15.3. The van der Waals surface area contributed by atoms with Gasteiger partial charge in [0, 0.05) is 0 Å². The average Bonchev–Trinajstić information content (AvgIpc) is 2.21. The molecule has 1 aliphatic rings. The minimum Gasteiger partial charge on any atom is -0.337 e. The van der Waals surface area contributed by atoms with E-state index >= 15 is 0 Å². The maximum Gasteiger partial charge on any atom is 0.127 e. The average molecular weight is 188 g/mol. The molecule has 78 valence electrons. The van der Waals surface area contributed by atoms with Crippen molar-refractivity contribution >= 4 is 0 Å². The van der Waals surface area contributed by atoms with Crippen LogP contribution >= 0.6 is 0 Å². The molecule has 1 saturated heterocycles. The number of likely N-dealkylation sites (N-methyl/N-ethyl adjacent to an activating group) is 1. The van der Waals surface area contributed by atoms with Gasteiger partial charge in [0.2, 0.25) is 0 Å². The van der Waals surface area contributed by atoms with Crippen LogP contribution in [0.15, 0.2) is 0 Å². The molecule has 1 heterocycles. The van der Waals surface area contributed by atoms with Crippen molar-refractivity contribution < 1.29 is 15.1 Å². The highest BCUT2D eigenvalue weighted by atomic mass is 15.2.